The minimum atomic E-state index is 0.847. The molecule has 0 saturated carbocycles. The molecule has 0 radical (unpaired) electrons. The Balaban J connectivity index is 0. The second-order valence-corrected chi connectivity index (χ2v) is 2.90. The highest BCUT2D eigenvalue weighted by Gasteiger charge is 1.67. The lowest BCUT2D eigenvalue weighted by atomic mass is 10.5. The minimum absolute atomic E-state index is 0.847. The van der Waals surface area contributed by atoms with E-state index in [0.717, 1.165) is 6.42 Å². The molecule has 0 amide bonds. The molecule has 0 aliphatic rings. The molecule has 0 fully saturated rings. The van der Waals surface area contributed by atoms with E-state index in [1.54, 1.807) is 0 Å². The van der Waals surface area contributed by atoms with Crippen LogP contribution in [0.25, 0.3) is 0 Å². The Hall–Kier alpha value is -0.0900. The third-order valence-corrected chi connectivity index (χ3v) is 1.43. The summed E-state index contributed by atoms with van der Waals surface area (Å²) in [6.45, 7) is 6.29. The van der Waals surface area contributed by atoms with Gasteiger partial charge in [-0.2, -0.15) is 11.8 Å². The molecule has 0 N–H and O–H groups in total. The molecular formula is C8H16S. The van der Waals surface area contributed by atoms with E-state index < -0.39 is 0 Å². The lowest BCUT2D eigenvalue weighted by Crippen LogP contribution is -1.64. The van der Waals surface area contributed by atoms with Crippen molar-refractivity contribution in [3.05, 3.63) is 0 Å². The van der Waals surface area contributed by atoms with Crippen LogP contribution in [-0.2, 0) is 0 Å². The van der Waals surface area contributed by atoms with Crippen LogP contribution in [0.3, 0.4) is 0 Å². The summed E-state index contributed by atoms with van der Waals surface area (Å²) in [6.07, 6.45) is 5.62. The largest absolute Gasteiger partial charge is 0.163 e. The van der Waals surface area contributed by atoms with Crippen LogP contribution in [0.1, 0.15) is 27.2 Å². The molecule has 0 aliphatic carbocycles. The van der Waals surface area contributed by atoms with Crippen LogP contribution in [0.4, 0.5) is 0 Å². The summed E-state index contributed by atoms with van der Waals surface area (Å²) in [5, 5.41) is 0. The van der Waals surface area contributed by atoms with E-state index in [4.69, 9.17) is 6.42 Å². The van der Waals surface area contributed by atoms with E-state index in [9.17, 15) is 0 Å². The summed E-state index contributed by atoms with van der Waals surface area (Å²) < 4.78 is 0. The molecule has 0 aromatic heterocycles. The van der Waals surface area contributed by atoms with Crippen molar-refractivity contribution >= 4 is 11.8 Å². The van der Waals surface area contributed by atoms with Crippen molar-refractivity contribution in [1.29, 1.82) is 0 Å². The highest BCUT2D eigenvalue weighted by molar-refractivity contribution is 7.99. The van der Waals surface area contributed by atoms with Crippen LogP contribution in [0.5, 0.6) is 0 Å². The molecular weight excluding hydrogens is 128 g/mol. The number of hydrogen-bond acceptors (Lipinski definition) is 1. The van der Waals surface area contributed by atoms with Gasteiger partial charge in [0.15, 0.2) is 0 Å². The Bertz CT molecular complexity index is 59.5. The second kappa shape index (κ2) is 15.7. The number of rotatable bonds is 2. The van der Waals surface area contributed by atoms with Gasteiger partial charge in [-0.15, -0.1) is 12.3 Å². The molecule has 0 spiro atoms. The summed E-state index contributed by atoms with van der Waals surface area (Å²) in [4.78, 5) is 0. The van der Waals surface area contributed by atoms with Crippen molar-refractivity contribution in [3.8, 4) is 12.3 Å². The zero-order chi connectivity index (χ0) is 7.54. The highest BCUT2D eigenvalue weighted by atomic mass is 32.2. The first-order chi connectivity index (χ1) is 4.33. The molecule has 0 aromatic carbocycles. The Morgan fingerprint density at radius 2 is 1.56 bits per heavy atom. The molecule has 0 rings (SSSR count). The summed E-state index contributed by atoms with van der Waals surface area (Å²) in [5.41, 5.74) is 0. The SMILES string of the molecule is C#CCC.CCSCC. The Kier molecular flexibility index (Phi) is 20.3. The monoisotopic (exact) mass is 144 g/mol. The van der Waals surface area contributed by atoms with Gasteiger partial charge in [0.1, 0.15) is 0 Å². The van der Waals surface area contributed by atoms with Crippen LogP contribution >= 0.6 is 11.8 Å². The van der Waals surface area contributed by atoms with Crippen LogP contribution < -0.4 is 0 Å². The van der Waals surface area contributed by atoms with Gasteiger partial charge in [0.25, 0.3) is 0 Å². The lowest BCUT2D eigenvalue weighted by molar-refractivity contribution is 1.28. The van der Waals surface area contributed by atoms with Crippen molar-refractivity contribution in [1.82, 2.24) is 0 Å². The smallest absolute Gasteiger partial charge is 0.00576 e. The number of hydrogen-bond donors (Lipinski definition) is 0. The first kappa shape index (κ1) is 11.7. The van der Waals surface area contributed by atoms with Crippen LogP contribution in [0.15, 0.2) is 0 Å². The molecule has 1 heteroatoms. The van der Waals surface area contributed by atoms with Crippen molar-refractivity contribution in [2.45, 2.75) is 27.2 Å². The van der Waals surface area contributed by atoms with E-state index in [2.05, 4.69) is 19.8 Å². The van der Waals surface area contributed by atoms with Crippen LogP contribution in [0.2, 0.25) is 0 Å². The molecule has 0 nitrogen and oxygen atoms in total. The molecule has 54 valence electrons. The fraction of sp³-hybridized carbons (Fsp3) is 0.750. The topological polar surface area (TPSA) is 0 Å². The van der Waals surface area contributed by atoms with E-state index >= 15 is 0 Å². The molecule has 0 aliphatic heterocycles. The van der Waals surface area contributed by atoms with Crippen molar-refractivity contribution in [3.63, 3.8) is 0 Å². The summed E-state index contributed by atoms with van der Waals surface area (Å²) in [6, 6.07) is 0. The zero-order valence-electron chi connectivity index (χ0n) is 6.61. The van der Waals surface area contributed by atoms with Crippen LogP contribution in [0, 0.1) is 12.3 Å². The molecule has 0 aromatic rings. The Labute approximate surface area is 63.4 Å². The lowest BCUT2D eigenvalue weighted by Gasteiger charge is -1.80. The highest BCUT2D eigenvalue weighted by Crippen LogP contribution is 1.93. The van der Waals surface area contributed by atoms with E-state index in [0.29, 0.717) is 0 Å². The van der Waals surface area contributed by atoms with Crippen molar-refractivity contribution < 1.29 is 0 Å². The average molecular weight is 144 g/mol. The number of terminal acetylenes is 1. The van der Waals surface area contributed by atoms with Gasteiger partial charge >= 0.3 is 0 Å². The third-order valence-electron chi connectivity index (χ3n) is 0.612. The molecule has 0 unspecified atom stereocenters. The Morgan fingerprint density at radius 3 is 1.56 bits per heavy atom. The van der Waals surface area contributed by atoms with Gasteiger partial charge < -0.3 is 0 Å². The normalized spacial score (nSPS) is 6.89. The van der Waals surface area contributed by atoms with Crippen LogP contribution in [-0.4, -0.2) is 11.5 Å². The van der Waals surface area contributed by atoms with Crippen molar-refractivity contribution in [2.75, 3.05) is 11.5 Å². The van der Waals surface area contributed by atoms with E-state index in [1.807, 2.05) is 18.7 Å². The van der Waals surface area contributed by atoms with E-state index in [1.165, 1.54) is 11.5 Å². The van der Waals surface area contributed by atoms with Gasteiger partial charge in [0.05, 0.1) is 0 Å². The molecule has 0 heterocycles. The Morgan fingerprint density at radius 1 is 1.22 bits per heavy atom. The number of thioether (sulfide) groups is 1. The maximum atomic E-state index is 4.78. The maximum Gasteiger partial charge on any atom is 0.00576 e. The van der Waals surface area contributed by atoms with E-state index in [-0.39, 0.29) is 0 Å². The fourth-order valence-corrected chi connectivity index (χ4v) is 0.612. The quantitative estimate of drug-likeness (QED) is 0.537. The van der Waals surface area contributed by atoms with Gasteiger partial charge in [-0.25, -0.2) is 0 Å². The summed E-state index contributed by atoms with van der Waals surface area (Å²) >= 11 is 1.96. The van der Waals surface area contributed by atoms with Gasteiger partial charge in [-0.05, 0) is 11.5 Å². The van der Waals surface area contributed by atoms with Gasteiger partial charge in [0.2, 0.25) is 0 Å². The zero-order valence-corrected chi connectivity index (χ0v) is 7.42. The minimum Gasteiger partial charge on any atom is -0.163 e. The second-order valence-electron chi connectivity index (χ2n) is 1.34. The third kappa shape index (κ3) is 32.6. The van der Waals surface area contributed by atoms with Gasteiger partial charge in [-0.3, -0.25) is 0 Å². The first-order valence-electron chi connectivity index (χ1n) is 3.34. The molecule has 0 bridgehead atoms. The fourth-order valence-electron chi connectivity index (χ4n) is 0.204. The maximum absolute atomic E-state index is 4.78. The average Bonchev–Trinajstić information content (AvgIpc) is 1.91. The van der Waals surface area contributed by atoms with Gasteiger partial charge in [-0.1, -0.05) is 20.8 Å². The predicted molar refractivity (Wildman–Crippen MR) is 47.8 cm³/mol. The molecule has 0 saturated heterocycles. The summed E-state index contributed by atoms with van der Waals surface area (Å²) in [7, 11) is 0. The van der Waals surface area contributed by atoms with Gasteiger partial charge in [0, 0.05) is 6.42 Å². The predicted octanol–water partition coefficient (Wildman–Crippen LogP) is 2.79. The summed E-state index contributed by atoms with van der Waals surface area (Å²) in [5.74, 6) is 4.95. The molecule has 0 atom stereocenters. The standard InChI is InChI=1S/C4H10S.C4H6/c1-3-5-4-2;1-3-4-2/h3-4H2,1-2H3;1H,4H2,2H3. The molecule has 9 heavy (non-hydrogen) atoms. The van der Waals surface area contributed by atoms with Crippen molar-refractivity contribution in [2.24, 2.45) is 0 Å². The first-order valence-corrected chi connectivity index (χ1v) is 4.50.